The first-order chi connectivity index (χ1) is 12.4. The molecule has 0 unspecified atom stereocenters. The van der Waals surface area contributed by atoms with E-state index in [4.69, 9.17) is 21.7 Å². The standard InChI is InChI=1S/C19H21BrN2O3S/c1-12-4-5-13(2)16(10-12)21-19(26)22-18(23)15-11-14(20)6-7-17(15)25-9-8-24-3/h4-7,10-11H,8-9H2,1-3H3,(H2,21,22,23,26). The Morgan fingerprint density at radius 3 is 2.65 bits per heavy atom. The lowest BCUT2D eigenvalue weighted by atomic mass is 10.1. The van der Waals surface area contributed by atoms with Crippen LogP contribution in [0.25, 0.3) is 0 Å². The summed E-state index contributed by atoms with van der Waals surface area (Å²) in [5.41, 5.74) is 3.40. The summed E-state index contributed by atoms with van der Waals surface area (Å²) in [5, 5.41) is 5.99. The van der Waals surface area contributed by atoms with E-state index in [0.29, 0.717) is 24.5 Å². The molecule has 26 heavy (non-hydrogen) atoms. The summed E-state index contributed by atoms with van der Waals surface area (Å²) in [4.78, 5) is 12.6. The van der Waals surface area contributed by atoms with Crippen LogP contribution in [0, 0.1) is 13.8 Å². The molecule has 0 saturated heterocycles. The van der Waals surface area contributed by atoms with Crippen LogP contribution in [0.1, 0.15) is 21.5 Å². The van der Waals surface area contributed by atoms with Crippen molar-refractivity contribution in [3.05, 3.63) is 57.6 Å². The average Bonchev–Trinajstić information content (AvgIpc) is 2.59. The van der Waals surface area contributed by atoms with Crippen LogP contribution in [0.5, 0.6) is 5.75 Å². The minimum Gasteiger partial charge on any atom is -0.490 e. The van der Waals surface area contributed by atoms with Gasteiger partial charge in [-0.1, -0.05) is 28.1 Å². The van der Waals surface area contributed by atoms with Gasteiger partial charge in [-0.05, 0) is 61.5 Å². The summed E-state index contributed by atoms with van der Waals surface area (Å²) in [5.74, 6) is 0.124. The number of methoxy groups -OCH3 is 1. The van der Waals surface area contributed by atoms with Gasteiger partial charge >= 0.3 is 0 Å². The predicted octanol–water partition coefficient (Wildman–Crippen LogP) is 4.22. The molecule has 0 aliphatic rings. The van der Waals surface area contributed by atoms with Gasteiger partial charge in [-0.3, -0.25) is 10.1 Å². The van der Waals surface area contributed by atoms with Gasteiger partial charge in [-0.15, -0.1) is 0 Å². The predicted molar refractivity (Wildman–Crippen MR) is 111 cm³/mol. The number of rotatable bonds is 6. The topological polar surface area (TPSA) is 59.6 Å². The minimum atomic E-state index is -0.346. The number of hydrogen-bond acceptors (Lipinski definition) is 4. The molecular weight excluding hydrogens is 416 g/mol. The molecule has 0 aliphatic heterocycles. The van der Waals surface area contributed by atoms with E-state index in [0.717, 1.165) is 21.3 Å². The maximum Gasteiger partial charge on any atom is 0.261 e. The summed E-state index contributed by atoms with van der Waals surface area (Å²) >= 11 is 8.66. The molecule has 0 atom stereocenters. The maximum absolute atomic E-state index is 12.6. The van der Waals surface area contributed by atoms with E-state index < -0.39 is 0 Å². The second-order valence-corrected chi connectivity index (χ2v) is 7.03. The molecule has 1 amide bonds. The Labute approximate surface area is 167 Å². The molecule has 0 radical (unpaired) electrons. The molecule has 5 nitrogen and oxygen atoms in total. The van der Waals surface area contributed by atoms with E-state index in [9.17, 15) is 4.79 Å². The van der Waals surface area contributed by atoms with Gasteiger partial charge in [0.25, 0.3) is 5.91 Å². The monoisotopic (exact) mass is 436 g/mol. The van der Waals surface area contributed by atoms with E-state index in [-0.39, 0.29) is 11.0 Å². The van der Waals surface area contributed by atoms with Gasteiger partial charge in [0.1, 0.15) is 12.4 Å². The third-order valence-electron chi connectivity index (χ3n) is 3.60. The summed E-state index contributed by atoms with van der Waals surface area (Å²) in [7, 11) is 1.59. The summed E-state index contributed by atoms with van der Waals surface area (Å²) < 4.78 is 11.4. The SMILES string of the molecule is COCCOc1ccc(Br)cc1C(=O)NC(=S)Nc1cc(C)ccc1C. The highest BCUT2D eigenvalue weighted by molar-refractivity contribution is 9.10. The zero-order chi connectivity index (χ0) is 19.1. The molecule has 2 rings (SSSR count). The highest BCUT2D eigenvalue weighted by atomic mass is 79.9. The third kappa shape index (κ3) is 5.79. The van der Waals surface area contributed by atoms with Gasteiger partial charge in [-0.2, -0.15) is 0 Å². The number of ether oxygens (including phenoxy) is 2. The number of amides is 1. The van der Waals surface area contributed by atoms with Gasteiger partial charge in [0, 0.05) is 17.3 Å². The van der Waals surface area contributed by atoms with Crippen LogP contribution in [0.2, 0.25) is 0 Å². The molecule has 2 N–H and O–H groups in total. The van der Waals surface area contributed by atoms with E-state index in [1.807, 2.05) is 38.1 Å². The molecular formula is C19H21BrN2O3S. The molecule has 2 aromatic rings. The number of anilines is 1. The zero-order valence-corrected chi connectivity index (χ0v) is 17.3. The van der Waals surface area contributed by atoms with Crippen molar-refractivity contribution in [1.82, 2.24) is 5.32 Å². The first kappa shape index (κ1) is 20.4. The maximum atomic E-state index is 12.6. The molecule has 138 valence electrons. The number of nitrogens with one attached hydrogen (secondary N) is 2. The Morgan fingerprint density at radius 2 is 1.92 bits per heavy atom. The molecule has 7 heteroatoms. The lowest BCUT2D eigenvalue weighted by molar-refractivity contribution is 0.0969. The molecule has 0 saturated carbocycles. The average molecular weight is 437 g/mol. The van der Waals surface area contributed by atoms with Crippen molar-refractivity contribution in [2.75, 3.05) is 25.6 Å². The third-order valence-corrected chi connectivity index (χ3v) is 4.30. The van der Waals surface area contributed by atoms with E-state index in [1.54, 1.807) is 19.2 Å². The fourth-order valence-corrected chi connectivity index (χ4v) is 2.80. The Kier molecular flexibility index (Phi) is 7.56. The Hall–Kier alpha value is -1.96. The van der Waals surface area contributed by atoms with Crippen LogP contribution in [0.15, 0.2) is 40.9 Å². The van der Waals surface area contributed by atoms with Gasteiger partial charge in [-0.25, -0.2) is 0 Å². The second-order valence-electron chi connectivity index (χ2n) is 5.71. The summed E-state index contributed by atoms with van der Waals surface area (Å²) in [6.45, 7) is 4.76. The van der Waals surface area contributed by atoms with Crippen LogP contribution in [0.4, 0.5) is 5.69 Å². The van der Waals surface area contributed by atoms with Gasteiger partial charge in [0.15, 0.2) is 5.11 Å². The van der Waals surface area contributed by atoms with Crippen LogP contribution in [0.3, 0.4) is 0 Å². The molecule has 0 bridgehead atoms. The normalized spacial score (nSPS) is 10.3. The van der Waals surface area contributed by atoms with Crippen molar-refractivity contribution in [2.45, 2.75) is 13.8 Å². The molecule has 0 spiro atoms. The van der Waals surface area contributed by atoms with Crippen molar-refractivity contribution in [2.24, 2.45) is 0 Å². The highest BCUT2D eigenvalue weighted by Gasteiger charge is 2.15. The fraction of sp³-hybridized carbons (Fsp3) is 0.263. The lowest BCUT2D eigenvalue weighted by Crippen LogP contribution is -2.34. The number of carbonyl (C=O) groups excluding carboxylic acids is 1. The van der Waals surface area contributed by atoms with Crippen molar-refractivity contribution in [3.63, 3.8) is 0 Å². The largest absolute Gasteiger partial charge is 0.490 e. The minimum absolute atomic E-state index is 0.228. The highest BCUT2D eigenvalue weighted by Crippen LogP contribution is 2.23. The van der Waals surface area contributed by atoms with Gasteiger partial charge < -0.3 is 14.8 Å². The van der Waals surface area contributed by atoms with E-state index in [1.165, 1.54) is 0 Å². The van der Waals surface area contributed by atoms with Gasteiger partial charge in [0.05, 0.1) is 12.2 Å². The molecule has 0 heterocycles. The van der Waals surface area contributed by atoms with E-state index in [2.05, 4.69) is 26.6 Å². The number of benzene rings is 2. The number of carbonyl (C=O) groups is 1. The van der Waals surface area contributed by atoms with E-state index >= 15 is 0 Å². The first-order valence-corrected chi connectivity index (χ1v) is 9.21. The molecule has 0 aromatic heterocycles. The number of hydrogen-bond donors (Lipinski definition) is 2. The molecule has 0 fully saturated rings. The van der Waals surface area contributed by atoms with Crippen molar-refractivity contribution >= 4 is 44.9 Å². The zero-order valence-electron chi connectivity index (χ0n) is 14.9. The number of aryl methyl sites for hydroxylation is 2. The molecule has 2 aromatic carbocycles. The van der Waals surface area contributed by atoms with Gasteiger partial charge in [0.2, 0.25) is 0 Å². The van der Waals surface area contributed by atoms with Crippen molar-refractivity contribution in [1.29, 1.82) is 0 Å². The van der Waals surface area contributed by atoms with Crippen LogP contribution >= 0.6 is 28.1 Å². The Balaban J connectivity index is 2.09. The van der Waals surface area contributed by atoms with Crippen LogP contribution < -0.4 is 15.4 Å². The van der Waals surface area contributed by atoms with Crippen LogP contribution in [-0.2, 0) is 4.74 Å². The first-order valence-electron chi connectivity index (χ1n) is 8.01. The van der Waals surface area contributed by atoms with Crippen molar-refractivity contribution in [3.8, 4) is 5.75 Å². The summed E-state index contributed by atoms with van der Waals surface area (Å²) in [6, 6.07) is 11.2. The van der Waals surface area contributed by atoms with Crippen LogP contribution in [-0.4, -0.2) is 31.3 Å². The second kappa shape index (κ2) is 9.66. The smallest absolute Gasteiger partial charge is 0.261 e. The number of halogens is 1. The molecule has 0 aliphatic carbocycles. The quantitative estimate of drug-likeness (QED) is 0.524. The lowest BCUT2D eigenvalue weighted by Gasteiger charge is -2.14. The van der Waals surface area contributed by atoms with Crippen molar-refractivity contribution < 1.29 is 14.3 Å². The summed E-state index contributed by atoms with van der Waals surface area (Å²) in [6.07, 6.45) is 0. The fourth-order valence-electron chi connectivity index (χ4n) is 2.23. The Bertz CT molecular complexity index is 811. The number of thiocarbonyl (C=S) groups is 1. The Morgan fingerprint density at radius 1 is 1.15 bits per heavy atom.